The number of benzene rings is 1. The molecule has 0 aliphatic carbocycles. The van der Waals surface area contributed by atoms with Crippen molar-refractivity contribution in [1.82, 2.24) is 10.1 Å². The third-order valence-corrected chi connectivity index (χ3v) is 2.92. The van der Waals surface area contributed by atoms with Crippen molar-refractivity contribution >= 4 is 0 Å². The Kier molecular flexibility index (Phi) is 3.54. The van der Waals surface area contributed by atoms with Gasteiger partial charge in [-0.05, 0) is 12.0 Å². The molecule has 0 saturated carbocycles. The zero-order valence-electron chi connectivity index (χ0n) is 10.2. The molecule has 4 nitrogen and oxygen atoms in total. The summed E-state index contributed by atoms with van der Waals surface area (Å²) in [6.07, 6.45) is 0.994. The molecule has 0 radical (unpaired) electrons. The topological polar surface area (TPSA) is 64.9 Å². The molecule has 0 bridgehead atoms. The minimum Gasteiger partial charge on any atom is -0.339 e. The minimum atomic E-state index is 0.305. The number of nitrogens with zero attached hydrogens (tertiary/aromatic N) is 2. The Hall–Kier alpha value is -1.68. The lowest BCUT2D eigenvalue weighted by Crippen LogP contribution is -1.95. The van der Waals surface area contributed by atoms with Crippen LogP contribution in [0.15, 0.2) is 28.8 Å². The van der Waals surface area contributed by atoms with E-state index in [0.717, 1.165) is 17.5 Å². The van der Waals surface area contributed by atoms with Crippen molar-refractivity contribution in [3.8, 4) is 11.4 Å². The van der Waals surface area contributed by atoms with E-state index >= 15 is 0 Å². The molecule has 1 heterocycles. The Labute approximate surface area is 101 Å². The highest BCUT2D eigenvalue weighted by Crippen LogP contribution is 2.21. The van der Waals surface area contributed by atoms with Gasteiger partial charge >= 0.3 is 0 Å². The molecule has 2 aromatic rings. The summed E-state index contributed by atoms with van der Waals surface area (Å²) in [7, 11) is 0. The Morgan fingerprint density at radius 1 is 1.29 bits per heavy atom. The van der Waals surface area contributed by atoms with Crippen LogP contribution < -0.4 is 5.73 Å². The van der Waals surface area contributed by atoms with Crippen molar-refractivity contribution in [2.75, 3.05) is 0 Å². The summed E-state index contributed by atoms with van der Waals surface area (Å²) in [5, 5.41) is 3.99. The second-order valence-electron chi connectivity index (χ2n) is 4.17. The van der Waals surface area contributed by atoms with Crippen LogP contribution in [0.1, 0.15) is 37.6 Å². The van der Waals surface area contributed by atoms with Gasteiger partial charge in [0, 0.05) is 18.0 Å². The molecule has 0 fully saturated rings. The first-order chi connectivity index (χ1) is 8.24. The van der Waals surface area contributed by atoms with Crippen LogP contribution in [0.3, 0.4) is 0 Å². The number of nitrogens with two attached hydrogens (primary N) is 1. The largest absolute Gasteiger partial charge is 0.339 e. The normalized spacial score (nSPS) is 12.6. The summed E-state index contributed by atoms with van der Waals surface area (Å²) in [5.41, 5.74) is 7.61. The smallest absolute Gasteiger partial charge is 0.229 e. The van der Waals surface area contributed by atoms with E-state index in [1.165, 1.54) is 0 Å². The molecule has 2 N–H and O–H groups in total. The quantitative estimate of drug-likeness (QED) is 0.878. The summed E-state index contributed by atoms with van der Waals surface area (Å²) in [4.78, 5) is 4.40. The van der Waals surface area contributed by atoms with Crippen LogP contribution in [0, 0.1) is 0 Å². The summed E-state index contributed by atoms with van der Waals surface area (Å²) < 4.78 is 5.24. The van der Waals surface area contributed by atoms with Crippen LogP contribution in [0.25, 0.3) is 11.4 Å². The van der Waals surface area contributed by atoms with E-state index < -0.39 is 0 Å². The Morgan fingerprint density at radius 2 is 2.00 bits per heavy atom. The van der Waals surface area contributed by atoms with E-state index in [9.17, 15) is 0 Å². The van der Waals surface area contributed by atoms with E-state index in [0.29, 0.717) is 24.2 Å². The van der Waals surface area contributed by atoms with Gasteiger partial charge in [-0.15, -0.1) is 0 Å². The average Bonchev–Trinajstić information content (AvgIpc) is 2.87. The lowest BCUT2D eigenvalue weighted by Gasteiger charge is -1.99. The molecule has 1 aromatic carbocycles. The third kappa shape index (κ3) is 2.53. The molecule has 1 atom stereocenters. The molecule has 1 aromatic heterocycles. The fourth-order valence-corrected chi connectivity index (χ4v) is 1.52. The van der Waals surface area contributed by atoms with Gasteiger partial charge in [0.2, 0.25) is 11.7 Å². The van der Waals surface area contributed by atoms with E-state index in [1.54, 1.807) is 0 Å². The summed E-state index contributed by atoms with van der Waals surface area (Å²) in [6.45, 7) is 4.73. The highest BCUT2D eigenvalue weighted by molar-refractivity contribution is 5.54. The molecular formula is C13H17N3O. The van der Waals surface area contributed by atoms with Gasteiger partial charge in [0.1, 0.15) is 0 Å². The lowest BCUT2D eigenvalue weighted by atomic mass is 10.1. The highest BCUT2D eigenvalue weighted by Gasteiger charge is 2.13. The predicted octanol–water partition coefficient (Wildman–Crippen LogP) is 2.71. The van der Waals surface area contributed by atoms with E-state index in [1.807, 2.05) is 24.3 Å². The van der Waals surface area contributed by atoms with Crippen molar-refractivity contribution in [2.45, 2.75) is 32.7 Å². The Morgan fingerprint density at radius 3 is 2.59 bits per heavy atom. The molecule has 0 aliphatic rings. The van der Waals surface area contributed by atoms with Gasteiger partial charge in [-0.25, -0.2) is 0 Å². The molecule has 2 rings (SSSR count). The van der Waals surface area contributed by atoms with E-state index in [2.05, 4.69) is 24.0 Å². The Balaban J connectivity index is 2.24. The predicted molar refractivity (Wildman–Crippen MR) is 66.3 cm³/mol. The van der Waals surface area contributed by atoms with Gasteiger partial charge in [-0.1, -0.05) is 43.3 Å². The molecule has 4 heteroatoms. The van der Waals surface area contributed by atoms with Gasteiger partial charge in [-0.2, -0.15) is 4.98 Å². The molecule has 90 valence electrons. The maximum absolute atomic E-state index is 5.55. The van der Waals surface area contributed by atoms with Crippen molar-refractivity contribution in [3.05, 3.63) is 35.7 Å². The molecule has 0 saturated heterocycles. The van der Waals surface area contributed by atoms with Crippen LogP contribution in [0.5, 0.6) is 0 Å². The van der Waals surface area contributed by atoms with Crippen LogP contribution >= 0.6 is 0 Å². The summed E-state index contributed by atoms with van der Waals surface area (Å²) in [6, 6.07) is 7.89. The maximum Gasteiger partial charge on any atom is 0.229 e. The van der Waals surface area contributed by atoms with Gasteiger partial charge in [-0.3, -0.25) is 0 Å². The van der Waals surface area contributed by atoms with Crippen LogP contribution in [0.4, 0.5) is 0 Å². The van der Waals surface area contributed by atoms with Gasteiger partial charge in [0.15, 0.2) is 0 Å². The molecule has 1 unspecified atom stereocenters. The van der Waals surface area contributed by atoms with Crippen molar-refractivity contribution in [2.24, 2.45) is 5.73 Å². The number of rotatable bonds is 4. The molecule has 0 amide bonds. The van der Waals surface area contributed by atoms with Crippen LogP contribution in [0.2, 0.25) is 0 Å². The maximum atomic E-state index is 5.55. The third-order valence-electron chi connectivity index (χ3n) is 2.92. The van der Waals surface area contributed by atoms with Gasteiger partial charge < -0.3 is 10.3 Å². The lowest BCUT2D eigenvalue weighted by molar-refractivity contribution is 0.357. The van der Waals surface area contributed by atoms with Crippen molar-refractivity contribution < 1.29 is 4.52 Å². The number of hydrogen-bond donors (Lipinski definition) is 1. The average molecular weight is 231 g/mol. The number of hydrogen-bond acceptors (Lipinski definition) is 4. The van der Waals surface area contributed by atoms with Gasteiger partial charge in [0.05, 0.1) is 0 Å². The molecule has 0 aliphatic heterocycles. The zero-order chi connectivity index (χ0) is 12.3. The summed E-state index contributed by atoms with van der Waals surface area (Å²) >= 11 is 0. The highest BCUT2D eigenvalue weighted by atomic mass is 16.5. The Bertz CT molecular complexity index is 476. The SMILES string of the molecule is CCC(C)c1nc(-c2ccc(CN)cc2)no1. The van der Waals surface area contributed by atoms with E-state index in [4.69, 9.17) is 10.3 Å². The number of aromatic nitrogens is 2. The van der Waals surface area contributed by atoms with Crippen LogP contribution in [-0.4, -0.2) is 10.1 Å². The second kappa shape index (κ2) is 5.10. The molecule has 0 spiro atoms. The zero-order valence-corrected chi connectivity index (χ0v) is 10.2. The fraction of sp³-hybridized carbons (Fsp3) is 0.385. The first-order valence-corrected chi connectivity index (χ1v) is 5.87. The monoisotopic (exact) mass is 231 g/mol. The van der Waals surface area contributed by atoms with Crippen molar-refractivity contribution in [1.29, 1.82) is 0 Å². The second-order valence-corrected chi connectivity index (χ2v) is 4.17. The fourth-order valence-electron chi connectivity index (χ4n) is 1.52. The minimum absolute atomic E-state index is 0.305. The molecular weight excluding hydrogens is 214 g/mol. The first kappa shape index (κ1) is 11.8. The van der Waals surface area contributed by atoms with E-state index in [-0.39, 0.29) is 0 Å². The summed E-state index contributed by atoms with van der Waals surface area (Å²) in [5.74, 6) is 1.65. The molecule has 17 heavy (non-hydrogen) atoms. The van der Waals surface area contributed by atoms with Crippen molar-refractivity contribution in [3.63, 3.8) is 0 Å². The first-order valence-electron chi connectivity index (χ1n) is 5.87. The standard InChI is InChI=1S/C13H17N3O/c1-3-9(2)13-15-12(16-17-13)11-6-4-10(8-14)5-7-11/h4-7,9H,3,8,14H2,1-2H3. The van der Waals surface area contributed by atoms with Crippen LogP contribution in [-0.2, 0) is 6.54 Å². The van der Waals surface area contributed by atoms with Gasteiger partial charge in [0.25, 0.3) is 0 Å².